The maximum Gasteiger partial charge on any atom is 0.0935 e. The number of nitrogens with one attached hydrogen (secondary N) is 2. The maximum atomic E-state index is 3.35. The largest absolute Gasteiger partial charge is 0.364 e. The molecule has 1 atom stereocenters. The second-order valence-corrected chi connectivity index (χ2v) is 3.01. The van der Waals surface area contributed by atoms with Gasteiger partial charge in [-0.15, -0.1) is 0 Å². The summed E-state index contributed by atoms with van der Waals surface area (Å²) in [5.74, 6) is 0. The first-order valence-corrected chi connectivity index (χ1v) is 3.90. The Morgan fingerprint density at radius 3 is 2.82 bits per heavy atom. The molecule has 1 unspecified atom stereocenters. The van der Waals surface area contributed by atoms with Crippen LogP contribution in [0.3, 0.4) is 0 Å². The van der Waals surface area contributed by atoms with Gasteiger partial charge in [-0.3, -0.25) is 0 Å². The molecule has 0 radical (unpaired) electrons. The van der Waals surface area contributed by atoms with Crippen molar-refractivity contribution in [1.29, 1.82) is 0 Å². The van der Waals surface area contributed by atoms with Crippen molar-refractivity contribution in [3.05, 3.63) is 23.8 Å². The summed E-state index contributed by atoms with van der Waals surface area (Å²) in [6, 6.07) is 6.28. The molecule has 1 aromatic carbocycles. The zero-order valence-corrected chi connectivity index (χ0v) is 6.81. The fraction of sp³-hybridized carbons (Fsp3) is 0.333. The Kier molecular flexibility index (Phi) is 1.28. The second-order valence-electron chi connectivity index (χ2n) is 3.01. The van der Waals surface area contributed by atoms with Gasteiger partial charge in [-0.1, -0.05) is 12.1 Å². The molecule has 0 saturated heterocycles. The van der Waals surface area contributed by atoms with Crippen molar-refractivity contribution >= 4 is 11.4 Å². The smallest absolute Gasteiger partial charge is 0.0935 e. The van der Waals surface area contributed by atoms with E-state index in [-0.39, 0.29) is 0 Å². The van der Waals surface area contributed by atoms with Crippen LogP contribution in [0.4, 0.5) is 11.4 Å². The molecular weight excluding hydrogens is 136 g/mol. The van der Waals surface area contributed by atoms with Gasteiger partial charge in [0.1, 0.15) is 0 Å². The molecule has 2 rings (SSSR count). The first-order valence-electron chi connectivity index (χ1n) is 3.90. The van der Waals surface area contributed by atoms with Crippen LogP contribution in [-0.4, -0.2) is 6.17 Å². The van der Waals surface area contributed by atoms with Gasteiger partial charge < -0.3 is 10.6 Å². The van der Waals surface area contributed by atoms with Crippen molar-refractivity contribution in [2.75, 3.05) is 10.6 Å². The summed E-state index contributed by atoms with van der Waals surface area (Å²) in [5, 5.41) is 6.68. The Morgan fingerprint density at radius 2 is 2.09 bits per heavy atom. The minimum absolute atomic E-state index is 0.367. The predicted molar refractivity (Wildman–Crippen MR) is 47.9 cm³/mol. The van der Waals surface area contributed by atoms with Gasteiger partial charge in [-0.25, -0.2) is 0 Å². The van der Waals surface area contributed by atoms with Gasteiger partial charge in [0.25, 0.3) is 0 Å². The highest BCUT2D eigenvalue weighted by Gasteiger charge is 2.15. The maximum absolute atomic E-state index is 3.35. The van der Waals surface area contributed by atoms with E-state index in [0.717, 1.165) is 0 Å². The quantitative estimate of drug-likeness (QED) is 0.589. The van der Waals surface area contributed by atoms with E-state index in [2.05, 4.69) is 42.7 Å². The highest BCUT2D eigenvalue weighted by Crippen LogP contribution is 2.31. The average molecular weight is 148 g/mol. The molecule has 0 fully saturated rings. The van der Waals surface area contributed by atoms with Gasteiger partial charge in [0.2, 0.25) is 0 Å². The number of benzene rings is 1. The van der Waals surface area contributed by atoms with Crippen molar-refractivity contribution in [3.8, 4) is 0 Å². The van der Waals surface area contributed by atoms with Crippen LogP contribution in [-0.2, 0) is 0 Å². The standard InChI is InChI=1S/C9H12N2/c1-6-4-3-5-8-9(6)11-7(2)10-8/h3-5,7,10-11H,1-2H3. The fourth-order valence-electron chi connectivity index (χ4n) is 1.47. The number of para-hydroxylation sites is 1. The number of hydrogen-bond donors (Lipinski definition) is 2. The molecule has 2 heteroatoms. The zero-order valence-electron chi connectivity index (χ0n) is 6.81. The second kappa shape index (κ2) is 2.16. The predicted octanol–water partition coefficient (Wildman–Crippen LogP) is 2.18. The molecule has 58 valence electrons. The molecule has 0 spiro atoms. The SMILES string of the molecule is Cc1cccc2c1NC(C)N2. The van der Waals surface area contributed by atoms with Crippen LogP contribution in [0.1, 0.15) is 12.5 Å². The Labute approximate surface area is 66.6 Å². The lowest BCUT2D eigenvalue weighted by Gasteiger charge is -2.03. The third kappa shape index (κ3) is 0.946. The van der Waals surface area contributed by atoms with Gasteiger partial charge in [0, 0.05) is 0 Å². The van der Waals surface area contributed by atoms with Crippen molar-refractivity contribution < 1.29 is 0 Å². The molecular formula is C9H12N2. The first kappa shape index (κ1) is 6.53. The molecule has 0 aromatic heterocycles. The van der Waals surface area contributed by atoms with Crippen molar-refractivity contribution in [2.24, 2.45) is 0 Å². The van der Waals surface area contributed by atoms with E-state index >= 15 is 0 Å². The number of rotatable bonds is 0. The lowest BCUT2D eigenvalue weighted by atomic mass is 10.2. The summed E-state index contributed by atoms with van der Waals surface area (Å²) in [6.07, 6.45) is 0.367. The normalized spacial score (nSPS) is 20.4. The molecule has 1 aliphatic heterocycles. The van der Waals surface area contributed by atoms with Crippen LogP contribution in [0.15, 0.2) is 18.2 Å². The molecule has 2 nitrogen and oxygen atoms in total. The molecule has 1 aromatic rings. The number of anilines is 2. The molecule has 11 heavy (non-hydrogen) atoms. The summed E-state index contributed by atoms with van der Waals surface area (Å²) in [5.41, 5.74) is 3.77. The van der Waals surface area contributed by atoms with E-state index in [0.29, 0.717) is 6.17 Å². The molecule has 2 N–H and O–H groups in total. The lowest BCUT2D eigenvalue weighted by molar-refractivity contribution is 0.955. The first-order chi connectivity index (χ1) is 5.27. The summed E-state index contributed by atoms with van der Waals surface area (Å²) in [4.78, 5) is 0. The summed E-state index contributed by atoms with van der Waals surface area (Å²) >= 11 is 0. The monoisotopic (exact) mass is 148 g/mol. The fourth-order valence-corrected chi connectivity index (χ4v) is 1.47. The Balaban J connectivity index is 2.49. The minimum Gasteiger partial charge on any atom is -0.364 e. The molecule has 0 aliphatic carbocycles. The lowest BCUT2D eigenvalue weighted by Crippen LogP contribution is -2.16. The van der Waals surface area contributed by atoms with Crippen LogP contribution in [0.5, 0.6) is 0 Å². The van der Waals surface area contributed by atoms with E-state index in [4.69, 9.17) is 0 Å². The van der Waals surface area contributed by atoms with E-state index in [1.165, 1.54) is 16.9 Å². The van der Waals surface area contributed by atoms with Gasteiger partial charge in [0.15, 0.2) is 0 Å². The molecule has 1 aliphatic rings. The highest BCUT2D eigenvalue weighted by atomic mass is 15.2. The van der Waals surface area contributed by atoms with Crippen LogP contribution in [0.25, 0.3) is 0 Å². The number of hydrogen-bond acceptors (Lipinski definition) is 2. The minimum atomic E-state index is 0.367. The van der Waals surface area contributed by atoms with Crippen molar-refractivity contribution in [3.63, 3.8) is 0 Å². The van der Waals surface area contributed by atoms with E-state index in [1.54, 1.807) is 0 Å². The van der Waals surface area contributed by atoms with Crippen LogP contribution < -0.4 is 10.6 Å². The Morgan fingerprint density at radius 1 is 1.27 bits per heavy atom. The third-order valence-electron chi connectivity index (χ3n) is 2.01. The van der Waals surface area contributed by atoms with Crippen molar-refractivity contribution in [1.82, 2.24) is 0 Å². The van der Waals surface area contributed by atoms with E-state index in [1.807, 2.05) is 0 Å². The summed E-state index contributed by atoms with van der Waals surface area (Å²) in [7, 11) is 0. The van der Waals surface area contributed by atoms with Crippen LogP contribution in [0.2, 0.25) is 0 Å². The zero-order chi connectivity index (χ0) is 7.84. The third-order valence-corrected chi connectivity index (χ3v) is 2.01. The van der Waals surface area contributed by atoms with E-state index in [9.17, 15) is 0 Å². The van der Waals surface area contributed by atoms with Crippen molar-refractivity contribution in [2.45, 2.75) is 20.0 Å². The van der Waals surface area contributed by atoms with Crippen LogP contribution >= 0.6 is 0 Å². The number of fused-ring (bicyclic) bond motifs is 1. The summed E-state index contributed by atoms with van der Waals surface area (Å²) in [6.45, 7) is 4.23. The number of aryl methyl sites for hydroxylation is 1. The summed E-state index contributed by atoms with van der Waals surface area (Å²) < 4.78 is 0. The van der Waals surface area contributed by atoms with E-state index < -0.39 is 0 Å². The highest BCUT2D eigenvalue weighted by molar-refractivity contribution is 5.77. The molecule has 0 saturated carbocycles. The van der Waals surface area contributed by atoms with Crippen LogP contribution in [0, 0.1) is 6.92 Å². The Bertz CT molecular complexity index is 281. The average Bonchev–Trinajstić information content (AvgIpc) is 2.31. The van der Waals surface area contributed by atoms with Gasteiger partial charge in [0.05, 0.1) is 17.5 Å². The Hall–Kier alpha value is -1.18. The van der Waals surface area contributed by atoms with Gasteiger partial charge in [-0.2, -0.15) is 0 Å². The topological polar surface area (TPSA) is 24.1 Å². The molecule has 0 bridgehead atoms. The molecule has 1 heterocycles. The van der Waals surface area contributed by atoms with Gasteiger partial charge >= 0.3 is 0 Å². The molecule has 0 amide bonds. The van der Waals surface area contributed by atoms with Gasteiger partial charge in [-0.05, 0) is 25.5 Å².